The molecule has 0 atom stereocenters. The van der Waals surface area contributed by atoms with E-state index in [1.807, 2.05) is 13.8 Å². The Morgan fingerprint density at radius 3 is 2.72 bits per heavy atom. The number of para-hydroxylation sites is 1. The third kappa shape index (κ3) is 4.77. The molecule has 0 aliphatic heterocycles. The van der Waals surface area contributed by atoms with E-state index >= 15 is 0 Å². The van der Waals surface area contributed by atoms with Crippen molar-refractivity contribution < 1.29 is 19.6 Å². The van der Waals surface area contributed by atoms with Crippen LogP contribution in [-0.2, 0) is 0 Å². The van der Waals surface area contributed by atoms with E-state index in [1.165, 1.54) is 12.1 Å². The summed E-state index contributed by atoms with van der Waals surface area (Å²) < 4.78 is 5.56. The molecule has 0 aromatic heterocycles. The molecule has 2 N–H and O–H groups in total. The Bertz CT molecular complexity index is 818. The summed E-state index contributed by atoms with van der Waals surface area (Å²) in [4.78, 5) is 22.4. The molecule has 0 heterocycles. The van der Waals surface area contributed by atoms with Crippen LogP contribution < -0.4 is 10.2 Å². The molecule has 2 aromatic rings. The lowest BCUT2D eigenvalue weighted by atomic mass is 10.2. The summed E-state index contributed by atoms with van der Waals surface area (Å²) in [7, 11) is 0. The number of hydrazone groups is 1. The van der Waals surface area contributed by atoms with E-state index in [-0.39, 0.29) is 23.1 Å². The minimum atomic E-state index is -0.588. The van der Waals surface area contributed by atoms with Crippen molar-refractivity contribution >= 4 is 17.8 Å². The number of ether oxygens (including phenoxy) is 1. The van der Waals surface area contributed by atoms with Crippen molar-refractivity contribution in [3.63, 3.8) is 0 Å². The summed E-state index contributed by atoms with van der Waals surface area (Å²) in [5.74, 6) is -0.270. The second kappa shape index (κ2) is 7.91. The number of hydrogen-bond donors (Lipinski definition) is 2. The van der Waals surface area contributed by atoms with E-state index in [0.29, 0.717) is 11.3 Å². The fraction of sp³-hybridized carbons (Fsp3) is 0.176. The molecule has 130 valence electrons. The van der Waals surface area contributed by atoms with Crippen molar-refractivity contribution in [2.24, 2.45) is 5.10 Å². The van der Waals surface area contributed by atoms with Gasteiger partial charge in [-0.25, -0.2) is 5.43 Å². The van der Waals surface area contributed by atoms with Crippen LogP contribution in [0.2, 0.25) is 0 Å². The second-order valence-electron chi connectivity index (χ2n) is 5.36. The molecule has 0 fully saturated rings. The van der Waals surface area contributed by atoms with Gasteiger partial charge in [0.1, 0.15) is 11.5 Å². The predicted octanol–water partition coefficient (Wildman–Crippen LogP) is 2.85. The Morgan fingerprint density at radius 1 is 1.32 bits per heavy atom. The molecule has 2 aromatic carbocycles. The van der Waals surface area contributed by atoms with Crippen molar-refractivity contribution in [2.75, 3.05) is 0 Å². The number of carbonyl (C=O) groups is 1. The van der Waals surface area contributed by atoms with Crippen LogP contribution in [0.25, 0.3) is 0 Å². The van der Waals surface area contributed by atoms with Gasteiger partial charge >= 0.3 is 0 Å². The summed E-state index contributed by atoms with van der Waals surface area (Å²) >= 11 is 0. The number of nitrogens with zero attached hydrogens (tertiary/aromatic N) is 2. The van der Waals surface area contributed by atoms with Gasteiger partial charge in [0.15, 0.2) is 0 Å². The standard InChI is InChI=1S/C17H17N3O5/c1-11(2)25-16-6-4-3-5-14(16)17(22)19-18-10-12-9-13(20(23)24)7-8-15(12)21/h3-11,21H,1-2H3,(H,19,22)/b18-10+. The Hall–Kier alpha value is -3.42. The first-order valence-electron chi connectivity index (χ1n) is 7.45. The molecule has 8 nitrogen and oxygen atoms in total. The number of phenols is 1. The number of phenolic OH excluding ortho intramolecular Hbond substituents is 1. The SMILES string of the molecule is CC(C)Oc1ccccc1C(=O)N/N=C/c1cc([N+](=O)[O-])ccc1O. The molecule has 0 bridgehead atoms. The third-order valence-electron chi connectivity index (χ3n) is 3.09. The van der Waals surface area contributed by atoms with E-state index in [4.69, 9.17) is 4.74 Å². The van der Waals surface area contributed by atoms with Gasteiger partial charge < -0.3 is 9.84 Å². The van der Waals surface area contributed by atoms with Gasteiger partial charge in [-0.15, -0.1) is 0 Å². The van der Waals surface area contributed by atoms with E-state index in [9.17, 15) is 20.0 Å². The topological polar surface area (TPSA) is 114 Å². The average Bonchev–Trinajstić information content (AvgIpc) is 2.56. The smallest absolute Gasteiger partial charge is 0.275 e. The van der Waals surface area contributed by atoms with Crippen molar-refractivity contribution in [1.29, 1.82) is 0 Å². The molecular weight excluding hydrogens is 326 g/mol. The number of non-ortho nitro benzene ring substituents is 1. The quantitative estimate of drug-likeness (QED) is 0.475. The van der Waals surface area contributed by atoms with Gasteiger partial charge in [-0.3, -0.25) is 14.9 Å². The van der Waals surface area contributed by atoms with Crippen molar-refractivity contribution in [1.82, 2.24) is 5.43 Å². The fourth-order valence-corrected chi connectivity index (χ4v) is 1.99. The van der Waals surface area contributed by atoms with E-state index < -0.39 is 10.8 Å². The van der Waals surface area contributed by atoms with Gasteiger partial charge in [0.25, 0.3) is 11.6 Å². The maximum Gasteiger partial charge on any atom is 0.275 e. The number of nitro benzene ring substituents is 1. The molecule has 1 amide bonds. The molecule has 0 unspecified atom stereocenters. The summed E-state index contributed by atoms with van der Waals surface area (Å²) in [6.07, 6.45) is 1.03. The van der Waals surface area contributed by atoms with E-state index in [1.54, 1.807) is 24.3 Å². The number of nitro groups is 1. The number of nitrogens with one attached hydrogen (secondary N) is 1. The number of amides is 1. The molecule has 0 aliphatic rings. The van der Waals surface area contributed by atoms with Gasteiger partial charge in [0.05, 0.1) is 22.8 Å². The third-order valence-corrected chi connectivity index (χ3v) is 3.09. The number of hydrogen-bond acceptors (Lipinski definition) is 6. The van der Waals surface area contributed by atoms with Gasteiger partial charge in [-0.05, 0) is 32.0 Å². The van der Waals surface area contributed by atoms with E-state index in [2.05, 4.69) is 10.5 Å². The monoisotopic (exact) mass is 343 g/mol. The van der Waals surface area contributed by atoms with E-state index in [0.717, 1.165) is 12.3 Å². The number of rotatable bonds is 6. The largest absolute Gasteiger partial charge is 0.507 e. The molecule has 0 aliphatic carbocycles. The highest BCUT2D eigenvalue weighted by molar-refractivity contribution is 5.97. The first kappa shape index (κ1) is 17.9. The van der Waals surface area contributed by atoms with Gasteiger partial charge in [-0.1, -0.05) is 12.1 Å². The van der Waals surface area contributed by atoms with Crippen molar-refractivity contribution in [3.05, 3.63) is 63.7 Å². The number of carbonyl (C=O) groups excluding carboxylic acids is 1. The second-order valence-corrected chi connectivity index (χ2v) is 5.36. The van der Waals surface area contributed by atoms with Crippen LogP contribution in [0, 0.1) is 10.1 Å². The Balaban J connectivity index is 2.14. The lowest BCUT2D eigenvalue weighted by Gasteiger charge is -2.12. The number of aromatic hydroxyl groups is 1. The summed E-state index contributed by atoms with van der Waals surface area (Å²) in [6, 6.07) is 10.2. The minimum Gasteiger partial charge on any atom is -0.507 e. The summed E-state index contributed by atoms with van der Waals surface area (Å²) in [6.45, 7) is 3.69. The summed E-state index contributed by atoms with van der Waals surface area (Å²) in [5, 5.41) is 24.2. The highest BCUT2D eigenvalue weighted by Crippen LogP contribution is 2.21. The molecule has 25 heavy (non-hydrogen) atoms. The lowest BCUT2D eigenvalue weighted by Crippen LogP contribution is -2.19. The summed E-state index contributed by atoms with van der Waals surface area (Å²) in [5.41, 5.74) is 2.53. The molecule has 0 saturated heterocycles. The lowest BCUT2D eigenvalue weighted by molar-refractivity contribution is -0.384. The highest BCUT2D eigenvalue weighted by Gasteiger charge is 2.13. The van der Waals surface area contributed by atoms with Crippen LogP contribution in [0.4, 0.5) is 5.69 Å². The highest BCUT2D eigenvalue weighted by atomic mass is 16.6. The molecule has 2 rings (SSSR count). The Labute approximate surface area is 143 Å². The van der Waals surface area contributed by atoms with Gasteiger partial charge in [0, 0.05) is 17.7 Å². The average molecular weight is 343 g/mol. The maximum absolute atomic E-state index is 12.2. The molecule has 0 saturated carbocycles. The van der Waals surface area contributed by atoms with Crippen molar-refractivity contribution in [3.8, 4) is 11.5 Å². The first-order chi connectivity index (χ1) is 11.9. The van der Waals surface area contributed by atoms with Crippen LogP contribution in [-0.4, -0.2) is 28.3 Å². The zero-order chi connectivity index (χ0) is 18.4. The predicted molar refractivity (Wildman–Crippen MR) is 92.0 cm³/mol. The van der Waals surface area contributed by atoms with Crippen LogP contribution in [0.15, 0.2) is 47.6 Å². The minimum absolute atomic E-state index is 0.0979. The van der Waals surface area contributed by atoms with Gasteiger partial charge in [0.2, 0.25) is 0 Å². The Morgan fingerprint density at radius 2 is 2.04 bits per heavy atom. The maximum atomic E-state index is 12.2. The zero-order valence-corrected chi connectivity index (χ0v) is 13.7. The molecular formula is C17H17N3O5. The first-order valence-corrected chi connectivity index (χ1v) is 7.45. The molecule has 0 spiro atoms. The van der Waals surface area contributed by atoms with Crippen LogP contribution >= 0.6 is 0 Å². The van der Waals surface area contributed by atoms with Crippen molar-refractivity contribution in [2.45, 2.75) is 20.0 Å². The van der Waals surface area contributed by atoms with Crippen LogP contribution in [0.5, 0.6) is 11.5 Å². The zero-order valence-electron chi connectivity index (χ0n) is 13.7. The number of benzene rings is 2. The molecule has 0 radical (unpaired) electrons. The van der Waals surface area contributed by atoms with Crippen LogP contribution in [0.1, 0.15) is 29.8 Å². The van der Waals surface area contributed by atoms with Crippen LogP contribution in [0.3, 0.4) is 0 Å². The fourth-order valence-electron chi connectivity index (χ4n) is 1.99. The normalized spacial score (nSPS) is 10.8. The van der Waals surface area contributed by atoms with Gasteiger partial charge in [-0.2, -0.15) is 5.10 Å². The Kier molecular flexibility index (Phi) is 5.67. The molecule has 8 heteroatoms.